The number of hydrogen-bond donors (Lipinski definition) is 0. The third kappa shape index (κ3) is 7.00. The molecule has 0 aromatic heterocycles. The second kappa shape index (κ2) is 11.9. The number of ether oxygens (including phenoxy) is 1. The van der Waals surface area contributed by atoms with Gasteiger partial charge in [0.15, 0.2) is 0 Å². The largest absolute Gasteiger partial charge is 0.494 e. The van der Waals surface area contributed by atoms with Crippen LogP contribution < -0.4 is 4.74 Å². The van der Waals surface area contributed by atoms with Gasteiger partial charge in [0.1, 0.15) is 5.75 Å². The lowest BCUT2D eigenvalue weighted by Gasteiger charge is -2.26. The van der Waals surface area contributed by atoms with Crippen molar-refractivity contribution in [3.05, 3.63) is 65.2 Å². The van der Waals surface area contributed by atoms with Crippen molar-refractivity contribution >= 4 is 0 Å². The first kappa shape index (κ1) is 22.5. The lowest BCUT2D eigenvalue weighted by molar-refractivity contribution is 0.305. The number of hydrogen-bond acceptors (Lipinski definition) is 1. The van der Waals surface area contributed by atoms with E-state index >= 15 is 0 Å². The molecule has 0 aliphatic carbocycles. The van der Waals surface area contributed by atoms with Crippen LogP contribution in [0, 0.1) is 0 Å². The molecule has 2 aromatic rings. The molecule has 0 saturated carbocycles. The Hall–Kier alpha value is -1.76. The van der Waals surface area contributed by atoms with Crippen LogP contribution in [0.3, 0.4) is 0 Å². The highest BCUT2D eigenvalue weighted by atomic mass is 16.5. The van der Waals surface area contributed by atoms with Crippen LogP contribution in [-0.4, -0.2) is 6.61 Å². The minimum absolute atomic E-state index is 0.000393. The van der Waals surface area contributed by atoms with Gasteiger partial charge in [-0.15, -0.1) is 0 Å². The third-order valence-corrected chi connectivity index (χ3v) is 5.84. The Bertz CT molecular complexity index is 652. The molecule has 0 aliphatic rings. The molecule has 154 valence electrons. The van der Waals surface area contributed by atoms with Crippen LogP contribution in [0.4, 0.5) is 0 Å². The summed E-state index contributed by atoms with van der Waals surface area (Å²) < 4.78 is 5.90. The molecule has 1 nitrogen and oxygen atoms in total. The zero-order chi connectivity index (χ0) is 20.2. The maximum atomic E-state index is 5.90. The normalized spacial score (nSPS) is 11.6. The Morgan fingerprint density at radius 1 is 0.643 bits per heavy atom. The van der Waals surface area contributed by atoms with Gasteiger partial charge >= 0.3 is 0 Å². The fourth-order valence-corrected chi connectivity index (χ4v) is 3.70. The molecule has 0 N–H and O–H groups in total. The molecule has 28 heavy (non-hydrogen) atoms. The van der Waals surface area contributed by atoms with Gasteiger partial charge in [0.05, 0.1) is 6.61 Å². The van der Waals surface area contributed by atoms with Crippen molar-refractivity contribution in [1.29, 1.82) is 0 Å². The van der Waals surface area contributed by atoms with Crippen molar-refractivity contribution < 1.29 is 4.74 Å². The summed E-state index contributed by atoms with van der Waals surface area (Å²) in [5.74, 6) is 0.985. The summed E-state index contributed by atoms with van der Waals surface area (Å²) in [4.78, 5) is 0. The lowest BCUT2D eigenvalue weighted by atomic mass is 9.78. The van der Waals surface area contributed by atoms with Crippen LogP contribution in [0.5, 0.6) is 5.75 Å². The van der Waals surface area contributed by atoms with Gasteiger partial charge in [-0.3, -0.25) is 0 Å². The first-order valence-electron chi connectivity index (χ1n) is 11.4. The van der Waals surface area contributed by atoms with Gasteiger partial charge in [-0.2, -0.15) is 0 Å². The van der Waals surface area contributed by atoms with Crippen LogP contribution in [-0.2, 0) is 11.8 Å². The topological polar surface area (TPSA) is 9.23 Å². The molecule has 0 bridgehead atoms. The molecule has 0 amide bonds. The Kier molecular flexibility index (Phi) is 9.61. The molecule has 0 heterocycles. The first-order valence-corrected chi connectivity index (χ1v) is 11.4. The second-order valence-electron chi connectivity index (χ2n) is 8.57. The molecule has 0 radical (unpaired) electrons. The van der Waals surface area contributed by atoms with E-state index in [1.165, 1.54) is 68.1 Å². The molecule has 0 fully saturated rings. The van der Waals surface area contributed by atoms with Crippen molar-refractivity contribution in [2.24, 2.45) is 0 Å². The molecule has 0 aliphatic heterocycles. The van der Waals surface area contributed by atoms with Crippen LogP contribution in [0.1, 0.15) is 95.8 Å². The van der Waals surface area contributed by atoms with Crippen LogP contribution in [0.25, 0.3) is 0 Å². The second-order valence-corrected chi connectivity index (χ2v) is 8.57. The van der Waals surface area contributed by atoms with Gasteiger partial charge in [-0.05, 0) is 48.1 Å². The van der Waals surface area contributed by atoms with E-state index in [0.717, 1.165) is 18.8 Å². The molecular weight excluding hydrogens is 340 g/mol. The summed E-state index contributed by atoms with van der Waals surface area (Å²) >= 11 is 0. The van der Waals surface area contributed by atoms with E-state index in [-0.39, 0.29) is 5.41 Å². The summed E-state index contributed by atoms with van der Waals surface area (Å²) in [6, 6.07) is 18.0. The molecule has 0 saturated heterocycles. The molecule has 0 unspecified atom stereocenters. The quantitative estimate of drug-likeness (QED) is 0.319. The minimum Gasteiger partial charge on any atom is -0.494 e. The molecule has 0 atom stereocenters. The number of unbranched alkanes of at least 4 members (excludes halogenated alkanes) is 6. The summed E-state index contributed by atoms with van der Waals surface area (Å²) in [7, 11) is 0. The van der Waals surface area contributed by atoms with E-state index in [0.29, 0.717) is 0 Å². The highest BCUT2D eigenvalue weighted by Crippen LogP contribution is 2.32. The standard InChI is InChI=1S/C27H40O/c1-5-7-9-11-13-23-14-16-24(17-15-23)27(3,4)25-18-20-26(21-19-25)28-22-12-10-8-6-2/h14-21H,5-13,22H2,1-4H3. The lowest BCUT2D eigenvalue weighted by Crippen LogP contribution is -2.18. The highest BCUT2D eigenvalue weighted by molar-refractivity contribution is 5.40. The fraction of sp³-hybridized carbons (Fsp3) is 0.556. The number of aryl methyl sites for hydroxylation is 1. The van der Waals surface area contributed by atoms with Crippen molar-refractivity contribution in [3.63, 3.8) is 0 Å². The summed E-state index contributed by atoms with van der Waals surface area (Å²) in [6.45, 7) is 9.95. The van der Waals surface area contributed by atoms with Crippen LogP contribution in [0.2, 0.25) is 0 Å². The van der Waals surface area contributed by atoms with Gasteiger partial charge in [0, 0.05) is 5.41 Å². The van der Waals surface area contributed by atoms with E-state index in [9.17, 15) is 0 Å². The van der Waals surface area contributed by atoms with Crippen LogP contribution in [0.15, 0.2) is 48.5 Å². The Labute approximate surface area is 173 Å². The van der Waals surface area contributed by atoms with Crippen LogP contribution >= 0.6 is 0 Å². The summed E-state index contributed by atoms with van der Waals surface area (Å²) in [6.07, 6.45) is 11.5. The summed E-state index contributed by atoms with van der Waals surface area (Å²) in [5.41, 5.74) is 4.17. The van der Waals surface area contributed by atoms with Gasteiger partial charge < -0.3 is 4.74 Å². The Morgan fingerprint density at radius 2 is 1.18 bits per heavy atom. The predicted octanol–water partition coefficient (Wildman–Crippen LogP) is 8.09. The van der Waals surface area contributed by atoms with Gasteiger partial charge in [0.25, 0.3) is 0 Å². The van der Waals surface area contributed by atoms with Crippen molar-refractivity contribution in [2.45, 2.75) is 90.9 Å². The Balaban J connectivity index is 1.92. The predicted molar refractivity (Wildman–Crippen MR) is 122 cm³/mol. The highest BCUT2D eigenvalue weighted by Gasteiger charge is 2.23. The van der Waals surface area contributed by atoms with E-state index in [2.05, 4.69) is 76.2 Å². The van der Waals surface area contributed by atoms with Crippen molar-refractivity contribution in [1.82, 2.24) is 0 Å². The van der Waals surface area contributed by atoms with E-state index in [4.69, 9.17) is 4.74 Å². The van der Waals surface area contributed by atoms with Gasteiger partial charge in [-0.25, -0.2) is 0 Å². The molecular formula is C27H40O. The smallest absolute Gasteiger partial charge is 0.119 e. The fourth-order valence-electron chi connectivity index (χ4n) is 3.70. The zero-order valence-electron chi connectivity index (χ0n) is 18.6. The molecule has 0 spiro atoms. The maximum Gasteiger partial charge on any atom is 0.119 e. The van der Waals surface area contributed by atoms with Crippen molar-refractivity contribution in [3.8, 4) is 5.75 Å². The number of benzene rings is 2. The Morgan fingerprint density at radius 3 is 1.75 bits per heavy atom. The van der Waals surface area contributed by atoms with Gasteiger partial charge in [0.2, 0.25) is 0 Å². The molecule has 2 aromatic carbocycles. The SMILES string of the molecule is CCCCCCOc1ccc(C(C)(C)c2ccc(CCCCCC)cc2)cc1. The monoisotopic (exact) mass is 380 g/mol. The molecule has 1 heteroatoms. The van der Waals surface area contributed by atoms with E-state index in [1.54, 1.807) is 0 Å². The van der Waals surface area contributed by atoms with Gasteiger partial charge in [-0.1, -0.05) is 103 Å². The minimum atomic E-state index is 0.000393. The van der Waals surface area contributed by atoms with E-state index < -0.39 is 0 Å². The van der Waals surface area contributed by atoms with E-state index in [1.807, 2.05) is 0 Å². The summed E-state index contributed by atoms with van der Waals surface area (Å²) in [5, 5.41) is 0. The third-order valence-electron chi connectivity index (χ3n) is 5.84. The number of rotatable bonds is 13. The average molecular weight is 381 g/mol. The maximum absolute atomic E-state index is 5.90. The average Bonchev–Trinajstić information content (AvgIpc) is 2.72. The molecule has 2 rings (SSSR count). The van der Waals surface area contributed by atoms with Crippen molar-refractivity contribution in [2.75, 3.05) is 6.61 Å². The first-order chi connectivity index (χ1) is 13.6. The zero-order valence-corrected chi connectivity index (χ0v) is 18.6.